The normalized spacial score (nSPS) is 11.5. The number of nitrogens with one attached hydrogen (secondary N) is 1. The first-order valence-corrected chi connectivity index (χ1v) is 9.47. The van der Waals surface area contributed by atoms with Crippen molar-refractivity contribution in [2.45, 2.75) is 11.6 Å². The van der Waals surface area contributed by atoms with Crippen LogP contribution in [-0.4, -0.2) is 20.4 Å². The van der Waals surface area contributed by atoms with Gasteiger partial charge in [0.05, 0.1) is 0 Å². The molecule has 0 bridgehead atoms. The highest BCUT2D eigenvalue weighted by atomic mass is 32.2. The Balaban J connectivity index is 2.33. The minimum absolute atomic E-state index is 0.237. The largest absolute Gasteiger partial charge is 0.316 e. The van der Waals surface area contributed by atoms with Gasteiger partial charge in [-0.1, -0.05) is 30.3 Å². The third-order valence-corrected chi connectivity index (χ3v) is 4.82. The number of rotatable bonds is 5. The predicted molar refractivity (Wildman–Crippen MR) is 99.2 cm³/mol. The smallest absolute Gasteiger partial charge is 0.256 e. The second-order valence-corrected chi connectivity index (χ2v) is 7.27. The summed E-state index contributed by atoms with van der Waals surface area (Å²) in [5.41, 5.74) is 2.77. The lowest BCUT2D eigenvalue weighted by atomic mass is 9.93. The maximum absolute atomic E-state index is 14.4. The Morgan fingerprint density at radius 3 is 2.42 bits per heavy atom. The van der Waals surface area contributed by atoms with Gasteiger partial charge in [-0.15, -0.1) is 0 Å². The van der Waals surface area contributed by atoms with E-state index >= 15 is 0 Å². The number of aromatic nitrogens is 1. The molecule has 3 aromatic rings. The zero-order valence-corrected chi connectivity index (χ0v) is 14.9. The Labute approximate surface area is 151 Å². The molecule has 1 heterocycles. The van der Waals surface area contributed by atoms with Crippen LogP contribution < -0.4 is 10.5 Å². The molecule has 0 radical (unpaired) electrons. The highest BCUT2D eigenvalue weighted by molar-refractivity contribution is 7.89. The van der Waals surface area contributed by atoms with Crippen LogP contribution in [0, 0.1) is 5.82 Å². The van der Waals surface area contributed by atoms with Gasteiger partial charge < -0.3 is 5.32 Å². The Hall–Kier alpha value is -2.61. The Morgan fingerprint density at radius 1 is 1.00 bits per heavy atom. The van der Waals surface area contributed by atoms with Crippen molar-refractivity contribution in [1.82, 2.24) is 10.3 Å². The third kappa shape index (κ3) is 3.65. The van der Waals surface area contributed by atoms with Crippen LogP contribution in [0.15, 0.2) is 65.8 Å². The standard InChI is InChI=1S/C19H18FN3O2S/c1-22-12-13-8-9-14(15-5-2-3-7-18(15)20)17(11-13)16-6-4-10-23-19(16)26(21,24)25/h2-11,22H,12H2,1H3,(H2,21,24,25). The molecule has 26 heavy (non-hydrogen) atoms. The lowest BCUT2D eigenvalue weighted by Crippen LogP contribution is -2.15. The molecule has 134 valence electrons. The van der Waals surface area contributed by atoms with E-state index in [1.165, 1.54) is 12.3 Å². The van der Waals surface area contributed by atoms with Crippen LogP contribution in [0.3, 0.4) is 0 Å². The van der Waals surface area contributed by atoms with Gasteiger partial charge in [0.1, 0.15) is 5.82 Å². The van der Waals surface area contributed by atoms with Crippen LogP contribution in [0.25, 0.3) is 22.3 Å². The average molecular weight is 371 g/mol. The highest BCUT2D eigenvalue weighted by Gasteiger charge is 2.20. The molecule has 5 nitrogen and oxygen atoms in total. The van der Waals surface area contributed by atoms with E-state index in [1.54, 1.807) is 36.4 Å². The summed E-state index contributed by atoms with van der Waals surface area (Å²) in [5.74, 6) is -0.392. The molecule has 0 fully saturated rings. The topological polar surface area (TPSA) is 85.1 Å². The zero-order valence-electron chi connectivity index (χ0n) is 14.1. The average Bonchev–Trinajstić information content (AvgIpc) is 2.62. The van der Waals surface area contributed by atoms with Crippen molar-refractivity contribution in [2.75, 3.05) is 7.05 Å². The minimum Gasteiger partial charge on any atom is -0.316 e. The molecule has 0 saturated heterocycles. The minimum atomic E-state index is -4.04. The lowest BCUT2D eigenvalue weighted by molar-refractivity contribution is 0.594. The number of hydrogen-bond acceptors (Lipinski definition) is 4. The molecule has 0 aliphatic heterocycles. The van der Waals surface area contributed by atoms with Gasteiger partial charge in [0, 0.05) is 23.9 Å². The molecule has 2 aromatic carbocycles. The first-order valence-electron chi connectivity index (χ1n) is 7.92. The van der Waals surface area contributed by atoms with E-state index in [-0.39, 0.29) is 5.03 Å². The number of halogens is 1. The number of nitrogens with two attached hydrogens (primary N) is 1. The fourth-order valence-electron chi connectivity index (χ4n) is 2.87. The molecule has 1 aromatic heterocycles. The predicted octanol–water partition coefficient (Wildman–Crippen LogP) is 2.92. The van der Waals surface area contributed by atoms with Crippen molar-refractivity contribution in [3.8, 4) is 22.3 Å². The number of primary sulfonamides is 1. The van der Waals surface area contributed by atoms with Crippen molar-refractivity contribution in [1.29, 1.82) is 0 Å². The zero-order chi connectivity index (χ0) is 18.7. The summed E-state index contributed by atoms with van der Waals surface area (Å²) in [6, 6.07) is 15.1. The van der Waals surface area contributed by atoms with Gasteiger partial charge >= 0.3 is 0 Å². The summed E-state index contributed by atoms with van der Waals surface area (Å²) in [6.07, 6.45) is 1.36. The van der Waals surface area contributed by atoms with Gasteiger partial charge in [0.2, 0.25) is 0 Å². The van der Waals surface area contributed by atoms with Crippen molar-refractivity contribution < 1.29 is 12.8 Å². The summed E-state index contributed by atoms with van der Waals surface area (Å²) in [7, 11) is -2.23. The monoisotopic (exact) mass is 371 g/mol. The van der Waals surface area contributed by atoms with Crippen LogP contribution in [-0.2, 0) is 16.6 Å². The van der Waals surface area contributed by atoms with E-state index < -0.39 is 15.8 Å². The molecular formula is C19H18FN3O2S. The fourth-order valence-corrected chi connectivity index (χ4v) is 3.56. The SMILES string of the molecule is CNCc1ccc(-c2ccccc2F)c(-c2cccnc2S(N)(=O)=O)c1. The van der Waals surface area contributed by atoms with Crippen LogP contribution in [0.2, 0.25) is 0 Å². The Morgan fingerprint density at radius 2 is 1.73 bits per heavy atom. The first-order chi connectivity index (χ1) is 12.4. The third-order valence-electron chi connectivity index (χ3n) is 3.96. The van der Waals surface area contributed by atoms with Gasteiger partial charge in [0.15, 0.2) is 5.03 Å². The molecular weight excluding hydrogens is 353 g/mol. The number of pyridine rings is 1. The van der Waals surface area contributed by atoms with Crippen LogP contribution >= 0.6 is 0 Å². The van der Waals surface area contributed by atoms with Gasteiger partial charge in [-0.25, -0.2) is 22.9 Å². The van der Waals surface area contributed by atoms with Gasteiger partial charge in [-0.05, 0) is 48.0 Å². The highest BCUT2D eigenvalue weighted by Crippen LogP contribution is 2.36. The van der Waals surface area contributed by atoms with Crippen LogP contribution in [0.4, 0.5) is 4.39 Å². The first kappa shape index (κ1) is 18.2. The van der Waals surface area contributed by atoms with Crippen molar-refractivity contribution in [2.24, 2.45) is 5.14 Å². The lowest BCUT2D eigenvalue weighted by Gasteiger charge is -2.15. The summed E-state index contributed by atoms with van der Waals surface area (Å²) < 4.78 is 38.3. The summed E-state index contributed by atoms with van der Waals surface area (Å²) >= 11 is 0. The molecule has 3 rings (SSSR count). The number of nitrogens with zero attached hydrogens (tertiary/aromatic N) is 1. The summed E-state index contributed by atoms with van der Waals surface area (Å²) in [5, 5.41) is 8.14. The van der Waals surface area contributed by atoms with E-state index in [0.717, 1.165) is 5.56 Å². The van der Waals surface area contributed by atoms with Crippen LogP contribution in [0.1, 0.15) is 5.56 Å². The van der Waals surface area contributed by atoms with Gasteiger partial charge in [-0.2, -0.15) is 0 Å². The fraction of sp³-hybridized carbons (Fsp3) is 0.105. The molecule has 0 aliphatic carbocycles. The van der Waals surface area contributed by atoms with Crippen molar-refractivity contribution in [3.05, 3.63) is 72.2 Å². The van der Waals surface area contributed by atoms with E-state index in [0.29, 0.717) is 28.8 Å². The maximum atomic E-state index is 14.4. The molecule has 0 saturated carbocycles. The summed E-state index contributed by atoms with van der Waals surface area (Å²) in [4.78, 5) is 3.94. The number of benzene rings is 2. The van der Waals surface area contributed by atoms with Crippen molar-refractivity contribution >= 4 is 10.0 Å². The van der Waals surface area contributed by atoms with E-state index in [2.05, 4.69) is 10.3 Å². The molecule has 0 spiro atoms. The van der Waals surface area contributed by atoms with E-state index in [1.807, 2.05) is 19.2 Å². The van der Waals surface area contributed by atoms with E-state index in [9.17, 15) is 12.8 Å². The van der Waals surface area contributed by atoms with Crippen LogP contribution in [0.5, 0.6) is 0 Å². The summed E-state index contributed by atoms with van der Waals surface area (Å²) in [6.45, 7) is 0.579. The van der Waals surface area contributed by atoms with Crippen molar-refractivity contribution in [3.63, 3.8) is 0 Å². The second-order valence-electron chi connectivity index (χ2n) is 5.79. The molecule has 0 unspecified atom stereocenters. The molecule has 3 N–H and O–H groups in total. The molecule has 0 amide bonds. The van der Waals surface area contributed by atoms with Gasteiger partial charge in [0.25, 0.3) is 10.0 Å². The number of sulfonamides is 1. The Kier molecular flexibility index (Phi) is 5.13. The second kappa shape index (κ2) is 7.33. The number of hydrogen-bond donors (Lipinski definition) is 2. The Bertz CT molecular complexity index is 1050. The van der Waals surface area contributed by atoms with E-state index in [4.69, 9.17) is 5.14 Å². The molecule has 0 aliphatic rings. The molecule has 0 atom stereocenters. The maximum Gasteiger partial charge on any atom is 0.256 e. The van der Waals surface area contributed by atoms with Gasteiger partial charge in [-0.3, -0.25) is 0 Å². The molecule has 7 heteroatoms. The quantitative estimate of drug-likeness (QED) is 0.722.